The zero-order chi connectivity index (χ0) is 19.6. The Kier molecular flexibility index (Phi) is 7.99. The predicted molar refractivity (Wildman–Crippen MR) is 106 cm³/mol. The first-order valence-electron chi connectivity index (χ1n) is 9.36. The minimum absolute atomic E-state index is 0.0442. The maximum atomic E-state index is 13.1. The summed E-state index contributed by atoms with van der Waals surface area (Å²) in [4.78, 5) is 25.8. The number of carbonyl (C=O) groups excluding carboxylic acids is 2. The summed E-state index contributed by atoms with van der Waals surface area (Å²) in [5, 5.41) is 2.71. The molecule has 2 aromatic rings. The van der Waals surface area contributed by atoms with Gasteiger partial charge in [0.05, 0.1) is 6.42 Å². The van der Waals surface area contributed by atoms with E-state index in [1.165, 1.54) is 19.1 Å². The number of nitrogens with zero attached hydrogens (tertiary/aromatic N) is 1. The van der Waals surface area contributed by atoms with Crippen LogP contribution in [0.4, 0.5) is 10.1 Å². The van der Waals surface area contributed by atoms with E-state index in [2.05, 4.69) is 12.2 Å². The number of halogens is 1. The lowest BCUT2D eigenvalue weighted by Gasteiger charge is -2.23. The number of carbonyl (C=O) groups is 2. The molecular formula is C22H27FN2O2. The van der Waals surface area contributed by atoms with Crippen molar-refractivity contribution in [2.24, 2.45) is 0 Å². The number of unbranched alkanes of at least 4 members (excludes halogenated alkanes) is 2. The van der Waals surface area contributed by atoms with Crippen molar-refractivity contribution in [3.8, 4) is 0 Å². The highest BCUT2D eigenvalue weighted by molar-refractivity contribution is 5.88. The summed E-state index contributed by atoms with van der Waals surface area (Å²) in [6.45, 7) is 4.75. The second-order valence-electron chi connectivity index (χ2n) is 6.70. The second kappa shape index (κ2) is 10.5. The van der Waals surface area contributed by atoms with Gasteiger partial charge in [-0.2, -0.15) is 0 Å². The van der Waals surface area contributed by atoms with Crippen LogP contribution < -0.4 is 5.32 Å². The Morgan fingerprint density at radius 3 is 2.19 bits per heavy atom. The number of benzene rings is 2. The molecule has 0 aliphatic rings. The lowest BCUT2D eigenvalue weighted by Crippen LogP contribution is -2.32. The molecule has 0 unspecified atom stereocenters. The van der Waals surface area contributed by atoms with Gasteiger partial charge in [0.1, 0.15) is 5.82 Å². The molecule has 2 rings (SSSR count). The van der Waals surface area contributed by atoms with Crippen molar-refractivity contribution in [3.63, 3.8) is 0 Å². The fourth-order valence-corrected chi connectivity index (χ4v) is 2.85. The van der Waals surface area contributed by atoms with Crippen LogP contribution in [0, 0.1) is 5.82 Å². The maximum Gasteiger partial charge on any atom is 0.227 e. The molecule has 2 aromatic carbocycles. The number of anilines is 1. The van der Waals surface area contributed by atoms with Gasteiger partial charge in [0.15, 0.2) is 0 Å². The van der Waals surface area contributed by atoms with Gasteiger partial charge < -0.3 is 10.2 Å². The number of hydrogen-bond donors (Lipinski definition) is 1. The van der Waals surface area contributed by atoms with Crippen molar-refractivity contribution in [2.45, 2.75) is 46.1 Å². The molecule has 0 aromatic heterocycles. The zero-order valence-electron chi connectivity index (χ0n) is 16.0. The molecule has 0 spiro atoms. The number of hydrogen-bond acceptors (Lipinski definition) is 2. The Morgan fingerprint density at radius 1 is 0.963 bits per heavy atom. The molecule has 0 fully saturated rings. The van der Waals surface area contributed by atoms with Crippen LogP contribution in [0.1, 0.15) is 44.2 Å². The van der Waals surface area contributed by atoms with Crippen LogP contribution in [0.25, 0.3) is 0 Å². The van der Waals surface area contributed by atoms with E-state index in [9.17, 15) is 14.0 Å². The second-order valence-corrected chi connectivity index (χ2v) is 6.70. The predicted octanol–water partition coefficient (Wildman–Crippen LogP) is 4.55. The molecule has 0 bridgehead atoms. The topological polar surface area (TPSA) is 49.4 Å². The molecule has 0 atom stereocenters. The minimum Gasteiger partial charge on any atom is -0.338 e. The highest BCUT2D eigenvalue weighted by Crippen LogP contribution is 2.14. The third-order valence-electron chi connectivity index (χ3n) is 4.30. The fraction of sp³-hybridized carbons (Fsp3) is 0.364. The van der Waals surface area contributed by atoms with Crippen molar-refractivity contribution >= 4 is 17.5 Å². The van der Waals surface area contributed by atoms with E-state index in [0.29, 0.717) is 25.2 Å². The number of rotatable bonds is 9. The Hall–Kier alpha value is -2.69. The molecule has 0 aliphatic carbocycles. The van der Waals surface area contributed by atoms with Gasteiger partial charge in [0.25, 0.3) is 0 Å². The van der Waals surface area contributed by atoms with Crippen molar-refractivity contribution in [1.82, 2.24) is 4.90 Å². The quantitative estimate of drug-likeness (QED) is 0.659. The summed E-state index contributed by atoms with van der Waals surface area (Å²) in [6.07, 6.45) is 3.40. The summed E-state index contributed by atoms with van der Waals surface area (Å²) >= 11 is 0. The van der Waals surface area contributed by atoms with Crippen LogP contribution in [0.15, 0.2) is 48.5 Å². The fourth-order valence-electron chi connectivity index (χ4n) is 2.85. The molecule has 1 N–H and O–H groups in total. The van der Waals surface area contributed by atoms with Crippen LogP contribution in [-0.2, 0) is 22.6 Å². The molecule has 0 saturated heterocycles. The molecule has 144 valence electrons. The number of nitrogens with one attached hydrogen (secondary N) is 1. The lowest BCUT2D eigenvalue weighted by atomic mass is 10.1. The Balaban J connectivity index is 2.03. The molecule has 0 radical (unpaired) electrons. The SMILES string of the molecule is CCCCCN(Cc1ccc(F)cc1)C(=O)Cc1ccc(NC(C)=O)cc1. The van der Waals surface area contributed by atoms with Gasteiger partial charge in [-0.3, -0.25) is 9.59 Å². The molecule has 0 saturated carbocycles. The Labute approximate surface area is 160 Å². The molecule has 0 aliphatic heterocycles. The molecule has 2 amide bonds. The lowest BCUT2D eigenvalue weighted by molar-refractivity contribution is -0.131. The van der Waals surface area contributed by atoms with E-state index in [1.54, 1.807) is 24.3 Å². The summed E-state index contributed by atoms with van der Waals surface area (Å²) < 4.78 is 13.1. The minimum atomic E-state index is -0.276. The summed E-state index contributed by atoms with van der Waals surface area (Å²) in [5.74, 6) is -0.357. The highest BCUT2D eigenvalue weighted by Gasteiger charge is 2.14. The van der Waals surface area contributed by atoms with E-state index < -0.39 is 0 Å². The van der Waals surface area contributed by atoms with Crippen molar-refractivity contribution in [1.29, 1.82) is 0 Å². The summed E-state index contributed by atoms with van der Waals surface area (Å²) in [7, 11) is 0. The van der Waals surface area contributed by atoms with Gasteiger partial charge in [0.2, 0.25) is 11.8 Å². The van der Waals surface area contributed by atoms with Crippen molar-refractivity contribution < 1.29 is 14.0 Å². The van der Waals surface area contributed by atoms with Crippen LogP contribution in [0.2, 0.25) is 0 Å². The van der Waals surface area contributed by atoms with E-state index in [-0.39, 0.29) is 17.6 Å². The molecule has 27 heavy (non-hydrogen) atoms. The first-order chi connectivity index (χ1) is 13.0. The first kappa shape index (κ1) is 20.6. The van der Waals surface area contributed by atoms with Crippen molar-refractivity contribution in [3.05, 3.63) is 65.5 Å². The monoisotopic (exact) mass is 370 g/mol. The third kappa shape index (κ3) is 7.21. The standard InChI is InChI=1S/C22H27FN2O2/c1-3-4-5-14-25(16-19-6-10-20(23)11-7-19)22(27)15-18-8-12-21(13-9-18)24-17(2)26/h6-13H,3-5,14-16H2,1-2H3,(H,24,26). The van der Waals surface area contributed by atoms with Crippen LogP contribution in [0.5, 0.6) is 0 Å². The van der Waals surface area contributed by atoms with Gasteiger partial charge in [-0.15, -0.1) is 0 Å². The number of amides is 2. The largest absolute Gasteiger partial charge is 0.338 e. The van der Waals surface area contributed by atoms with Crippen LogP contribution in [0.3, 0.4) is 0 Å². The van der Waals surface area contributed by atoms with Gasteiger partial charge in [-0.25, -0.2) is 4.39 Å². The first-order valence-corrected chi connectivity index (χ1v) is 9.36. The van der Waals surface area contributed by atoms with E-state index in [0.717, 1.165) is 30.4 Å². The van der Waals surface area contributed by atoms with Gasteiger partial charge in [0, 0.05) is 25.7 Å². The van der Waals surface area contributed by atoms with E-state index in [4.69, 9.17) is 0 Å². The average molecular weight is 370 g/mol. The molecule has 0 heterocycles. The van der Waals surface area contributed by atoms with E-state index >= 15 is 0 Å². The smallest absolute Gasteiger partial charge is 0.227 e. The molecule has 5 heteroatoms. The van der Waals surface area contributed by atoms with Crippen LogP contribution in [-0.4, -0.2) is 23.3 Å². The Morgan fingerprint density at radius 2 is 1.59 bits per heavy atom. The summed E-state index contributed by atoms with van der Waals surface area (Å²) in [5.41, 5.74) is 2.53. The highest BCUT2D eigenvalue weighted by atomic mass is 19.1. The maximum absolute atomic E-state index is 13.1. The zero-order valence-corrected chi connectivity index (χ0v) is 16.0. The van der Waals surface area contributed by atoms with Crippen LogP contribution >= 0.6 is 0 Å². The van der Waals surface area contributed by atoms with Crippen molar-refractivity contribution in [2.75, 3.05) is 11.9 Å². The Bertz CT molecular complexity index is 742. The normalized spacial score (nSPS) is 10.5. The van der Waals surface area contributed by atoms with Gasteiger partial charge >= 0.3 is 0 Å². The molecule has 4 nitrogen and oxygen atoms in total. The van der Waals surface area contributed by atoms with E-state index in [1.807, 2.05) is 17.0 Å². The van der Waals surface area contributed by atoms with Gasteiger partial charge in [-0.1, -0.05) is 44.0 Å². The summed E-state index contributed by atoms with van der Waals surface area (Å²) in [6, 6.07) is 13.6. The molecular weight excluding hydrogens is 343 g/mol. The average Bonchev–Trinajstić information content (AvgIpc) is 2.64. The third-order valence-corrected chi connectivity index (χ3v) is 4.30. The van der Waals surface area contributed by atoms with Gasteiger partial charge in [-0.05, 0) is 41.8 Å².